The van der Waals surface area contributed by atoms with E-state index >= 15 is 0 Å². The van der Waals surface area contributed by atoms with Crippen molar-refractivity contribution in [2.24, 2.45) is 0 Å². The third kappa shape index (κ3) is 3.80. The maximum atomic E-state index is 6.39. The third-order valence-corrected chi connectivity index (χ3v) is 4.77. The van der Waals surface area contributed by atoms with Crippen LogP contribution in [0.1, 0.15) is 18.4 Å². The quantitative estimate of drug-likeness (QED) is 0.494. The van der Waals surface area contributed by atoms with Gasteiger partial charge in [0.1, 0.15) is 5.82 Å². The van der Waals surface area contributed by atoms with Crippen LogP contribution >= 0.6 is 12.2 Å². The van der Waals surface area contributed by atoms with Crippen LogP contribution in [0.3, 0.4) is 0 Å². The van der Waals surface area contributed by atoms with Crippen LogP contribution in [0.25, 0.3) is 10.9 Å². The maximum Gasteiger partial charge on any atom is 0.201 e. The van der Waals surface area contributed by atoms with E-state index in [1.807, 2.05) is 16.7 Å². The second-order valence-electron chi connectivity index (χ2n) is 6.10. The number of hydrogen-bond acceptors (Lipinski definition) is 5. The number of methoxy groups -OCH3 is 2. The minimum absolute atomic E-state index is 0.488. The van der Waals surface area contributed by atoms with Crippen LogP contribution < -0.4 is 15.2 Å². The second kappa shape index (κ2) is 8.19. The first-order valence-corrected chi connectivity index (χ1v) is 9.01. The average Bonchev–Trinajstić information content (AvgIpc) is 2.67. The Balaban J connectivity index is 1.81. The minimum atomic E-state index is 0.488. The van der Waals surface area contributed by atoms with Crippen molar-refractivity contribution in [1.29, 1.82) is 0 Å². The van der Waals surface area contributed by atoms with E-state index in [-0.39, 0.29) is 0 Å². The number of unbranched alkanes of at least 4 members (excludes halogenated alkanes) is 1. The highest BCUT2D eigenvalue weighted by atomic mass is 32.1. The summed E-state index contributed by atoms with van der Waals surface area (Å²) in [5.74, 6) is 1.85. The molecule has 1 heterocycles. The molecule has 0 amide bonds. The number of nitrogens with zero attached hydrogens (tertiary/aromatic N) is 2. The normalized spacial score (nSPS) is 10.8. The number of aromatic nitrogens is 2. The van der Waals surface area contributed by atoms with Crippen LogP contribution in [0, 0.1) is 4.77 Å². The molecular formula is C20H23N3O2S. The molecule has 136 valence electrons. The number of nitrogens with two attached hydrogens (primary N) is 1. The van der Waals surface area contributed by atoms with Crippen LogP contribution in [-0.2, 0) is 13.0 Å². The molecule has 0 unspecified atom stereocenters. The van der Waals surface area contributed by atoms with Gasteiger partial charge in [0.05, 0.1) is 19.7 Å². The number of anilines is 1. The number of benzene rings is 2. The number of ether oxygens (including phenoxy) is 2. The predicted molar refractivity (Wildman–Crippen MR) is 107 cm³/mol. The lowest BCUT2D eigenvalue weighted by molar-refractivity contribution is 0.355. The smallest absolute Gasteiger partial charge is 0.201 e. The van der Waals surface area contributed by atoms with Crippen molar-refractivity contribution in [3.8, 4) is 11.5 Å². The summed E-state index contributed by atoms with van der Waals surface area (Å²) in [6, 6.07) is 14.1. The topological polar surface area (TPSA) is 62.3 Å². The molecule has 0 saturated carbocycles. The van der Waals surface area contributed by atoms with Gasteiger partial charge in [0.2, 0.25) is 4.77 Å². The van der Waals surface area contributed by atoms with Crippen molar-refractivity contribution in [1.82, 2.24) is 9.55 Å². The van der Waals surface area contributed by atoms with Crippen molar-refractivity contribution in [2.45, 2.75) is 25.8 Å². The lowest BCUT2D eigenvalue weighted by Crippen LogP contribution is -2.10. The second-order valence-corrected chi connectivity index (χ2v) is 6.46. The lowest BCUT2D eigenvalue weighted by atomic mass is 10.1. The van der Waals surface area contributed by atoms with Gasteiger partial charge >= 0.3 is 0 Å². The fourth-order valence-electron chi connectivity index (χ4n) is 3.04. The minimum Gasteiger partial charge on any atom is -0.493 e. The molecule has 26 heavy (non-hydrogen) atoms. The Labute approximate surface area is 158 Å². The van der Waals surface area contributed by atoms with Crippen molar-refractivity contribution >= 4 is 28.9 Å². The summed E-state index contributed by atoms with van der Waals surface area (Å²) < 4.78 is 13.1. The van der Waals surface area contributed by atoms with Crippen molar-refractivity contribution in [2.75, 3.05) is 20.0 Å². The van der Waals surface area contributed by atoms with Gasteiger partial charge in [-0.05, 0) is 43.1 Å². The van der Waals surface area contributed by atoms with E-state index < -0.39 is 0 Å². The Kier molecular flexibility index (Phi) is 5.73. The zero-order valence-corrected chi connectivity index (χ0v) is 15.9. The molecule has 0 atom stereocenters. The number of rotatable bonds is 7. The zero-order valence-electron chi connectivity index (χ0n) is 15.1. The molecule has 3 rings (SSSR count). The molecule has 2 N–H and O–H groups in total. The summed E-state index contributed by atoms with van der Waals surface area (Å²) in [4.78, 5) is 4.52. The standard InChI is InChI=1S/C20H23N3O2S/c1-24-17-12-15-16(13-18(17)25-2)22-20(26)23(19(15)21)11-7-6-10-14-8-4-3-5-9-14/h3-5,8-9,12-13H,6-7,10-11,21H2,1-2H3. The van der Waals surface area contributed by atoms with Gasteiger partial charge in [0, 0.05) is 18.0 Å². The first-order valence-electron chi connectivity index (χ1n) is 8.60. The van der Waals surface area contributed by atoms with E-state index in [1.54, 1.807) is 20.3 Å². The molecule has 5 nitrogen and oxygen atoms in total. The third-order valence-electron chi connectivity index (χ3n) is 4.46. The van der Waals surface area contributed by atoms with Gasteiger partial charge < -0.3 is 19.8 Å². The fourth-order valence-corrected chi connectivity index (χ4v) is 3.33. The van der Waals surface area contributed by atoms with Gasteiger partial charge in [0.25, 0.3) is 0 Å². The van der Waals surface area contributed by atoms with Gasteiger partial charge in [0.15, 0.2) is 11.5 Å². The highest BCUT2D eigenvalue weighted by Crippen LogP contribution is 2.33. The van der Waals surface area contributed by atoms with E-state index in [0.29, 0.717) is 27.6 Å². The molecule has 1 aromatic heterocycles. The summed E-state index contributed by atoms with van der Waals surface area (Å²) in [5, 5.41) is 0.819. The molecule has 0 aliphatic carbocycles. The van der Waals surface area contributed by atoms with E-state index in [1.165, 1.54) is 5.56 Å². The molecule has 6 heteroatoms. The van der Waals surface area contributed by atoms with Crippen LogP contribution in [0.2, 0.25) is 0 Å². The van der Waals surface area contributed by atoms with Crippen LogP contribution in [0.15, 0.2) is 42.5 Å². The fraction of sp³-hybridized carbons (Fsp3) is 0.300. The van der Waals surface area contributed by atoms with E-state index in [0.717, 1.165) is 31.2 Å². The van der Waals surface area contributed by atoms with Crippen LogP contribution in [0.4, 0.5) is 5.82 Å². The molecule has 0 bridgehead atoms. The summed E-state index contributed by atoms with van der Waals surface area (Å²) in [6.07, 6.45) is 3.09. The average molecular weight is 369 g/mol. The molecule has 2 aromatic carbocycles. The van der Waals surface area contributed by atoms with E-state index in [4.69, 9.17) is 27.4 Å². The van der Waals surface area contributed by atoms with Gasteiger partial charge in [-0.1, -0.05) is 30.3 Å². The first kappa shape index (κ1) is 18.2. The highest BCUT2D eigenvalue weighted by Gasteiger charge is 2.12. The zero-order chi connectivity index (χ0) is 18.5. The Morgan fingerprint density at radius 3 is 2.42 bits per heavy atom. The number of fused-ring (bicyclic) bond motifs is 1. The van der Waals surface area contributed by atoms with Crippen molar-refractivity contribution in [3.63, 3.8) is 0 Å². The summed E-state index contributed by atoms with van der Waals surface area (Å²) in [7, 11) is 3.20. The van der Waals surface area contributed by atoms with Gasteiger partial charge in [-0.25, -0.2) is 4.98 Å². The number of aryl methyl sites for hydroxylation is 1. The molecule has 0 radical (unpaired) electrons. The van der Waals surface area contributed by atoms with Crippen LogP contribution in [-0.4, -0.2) is 23.8 Å². The van der Waals surface area contributed by atoms with Crippen molar-refractivity contribution in [3.05, 3.63) is 52.8 Å². The summed E-state index contributed by atoms with van der Waals surface area (Å²) in [6.45, 7) is 0.745. The first-order chi connectivity index (χ1) is 12.6. The Hall–Kier alpha value is -2.60. The van der Waals surface area contributed by atoms with Gasteiger partial charge in [-0.3, -0.25) is 0 Å². The summed E-state index contributed by atoms with van der Waals surface area (Å²) >= 11 is 5.45. The largest absolute Gasteiger partial charge is 0.493 e. The predicted octanol–water partition coefficient (Wildman–Crippen LogP) is 4.39. The van der Waals surface area contributed by atoms with Gasteiger partial charge in [-0.2, -0.15) is 0 Å². The van der Waals surface area contributed by atoms with E-state index in [2.05, 4.69) is 29.2 Å². The maximum absolute atomic E-state index is 6.39. The Bertz CT molecular complexity index is 955. The lowest BCUT2D eigenvalue weighted by Gasteiger charge is -2.15. The van der Waals surface area contributed by atoms with Crippen molar-refractivity contribution < 1.29 is 9.47 Å². The molecule has 0 saturated heterocycles. The molecule has 3 aromatic rings. The highest BCUT2D eigenvalue weighted by molar-refractivity contribution is 7.71. The Morgan fingerprint density at radius 2 is 1.73 bits per heavy atom. The molecule has 0 aliphatic rings. The van der Waals surface area contributed by atoms with Crippen LogP contribution in [0.5, 0.6) is 11.5 Å². The molecule has 0 aliphatic heterocycles. The van der Waals surface area contributed by atoms with E-state index in [9.17, 15) is 0 Å². The number of nitrogen functional groups attached to an aromatic ring is 1. The molecular weight excluding hydrogens is 346 g/mol. The number of hydrogen-bond donors (Lipinski definition) is 1. The monoisotopic (exact) mass is 369 g/mol. The molecule has 0 fully saturated rings. The SMILES string of the molecule is COc1cc2nc(=S)n(CCCCc3ccccc3)c(N)c2cc1OC. The summed E-state index contributed by atoms with van der Waals surface area (Å²) in [5.41, 5.74) is 8.45. The molecule has 0 spiro atoms. The Morgan fingerprint density at radius 1 is 1.04 bits per heavy atom. The van der Waals surface area contributed by atoms with Gasteiger partial charge in [-0.15, -0.1) is 0 Å².